The Morgan fingerprint density at radius 1 is 0.826 bits per heavy atom. The molecule has 0 N–H and O–H groups in total. The van der Waals surface area contributed by atoms with Gasteiger partial charge in [0.2, 0.25) is 0 Å². The molecule has 1 unspecified atom stereocenters. The van der Waals surface area contributed by atoms with Crippen molar-refractivity contribution in [2.24, 2.45) is 0 Å². The van der Waals surface area contributed by atoms with E-state index in [0.717, 1.165) is 4.90 Å². The van der Waals surface area contributed by atoms with Crippen molar-refractivity contribution in [3.8, 4) is 0 Å². The van der Waals surface area contributed by atoms with Crippen molar-refractivity contribution in [3.63, 3.8) is 0 Å². The van der Waals surface area contributed by atoms with E-state index in [1.165, 1.54) is 28.8 Å². The van der Waals surface area contributed by atoms with Crippen LogP contribution in [0.3, 0.4) is 0 Å². The van der Waals surface area contributed by atoms with Gasteiger partial charge in [-0.05, 0) is 105 Å². The molecule has 0 bridgehead atoms. The van der Waals surface area contributed by atoms with Crippen LogP contribution >= 0.6 is 23.4 Å². The number of rotatable bonds is 5. The zero-order valence-corrected chi connectivity index (χ0v) is 29.2. The Labute approximate surface area is 276 Å². The van der Waals surface area contributed by atoms with Gasteiger partial charge < -0.3 is 14.2 Å². The Balaban J connectivity index is 2.20. The summed E-state index contributed by atoms with van der Waals surface area (Å²) in [5.74, 6) is -1.31. The van der Waals surface area contributed by atoms with Gasteiger partial charge in [-0.25, -0.2) is 19.0 Å². The molecule has 252 valence electrons. The van der Waals surface area contributed by atoms with Crippen molar-refractivity contribution in [2.45, 2.75) is 97.5 Å². The first-order valence-corrected chi connectivity index (χ1v) is 15.8. The Hall–Kier alpha value is -3.38. The number of benzene rings is 2. The van der Waals surface area contributed by atoms with Crippen molar-refractivity contribution in [2.75, 3.05) is 10.7 Å². The van der Waals surface area contributed by atoms with Gasteiger partial charge in [0.15, 0.2) is 0 Å². The van der Waals surface area contributed by atoms with Crippen LogP contribution in [-0.2, 0) is 14.2 Å². The zero-order chi connectivity index (χ0) is 35.0. The number of halogens is 4. The summed E-state index contributed by atoms with van der Waals surface area (Å²) in [6, 6.07) is 10.8. The number of hydrogen-bond donors (Lipinski definition) is 0. The molecule has 46 heavy (non-hydrogen) atoms. The summed E-state index contributed by atoms with van der Waals surface area (Å²) in [7, 11) is 0. The van der Waals surface area contributed by atoms with E-state index in [-0.39, 0.29) is 17.4 Å². The second kappa shape index (κ2) is 13.4. The van der Waals surface area contributed by atoms with E-state index in [1.807, 2.05) is 0 Å². The highest BCUT2D eigenvalue weighted by Gasteiger charge is 2.35. The molecule has 2 amide bonds. The van der Waals surface area contributed by atoms with E-state index in [4.69, 9.17) is 25.8 Å². The molecule has 2 aromatic carbocycles. The third-order valence-electron chi connectivity index (χ3n) is 6.26. The van der Waals surface area contributed by atoms with Crippen LogP contribution in [0.15, 0.2) is 42.5 Å². The lowest BCUT2D eigenvalue weighted by Gasteiger charge is -2.29. The molecule has 1 heterocycles. The van der Waals surface area contributed by atoms with Gasteiger partial charge in [-0.2, -0.15) is 18.1 Å². The number of amides is 2. The number of aromatic nitrogens is 1. The van der Waals surface area contributed by atoms with Gasteiger partial charge in [0.05, 0.1) is 11.2 Å². The summed E-state index contributed by atoms with van der Waals surface area (Å²) >= 11 is 6.09. The highest BCUT2D eigenvalue weighted by molar-refractivity contribution is 8.00. The highest BCUT2D eigenvalue weighted by Crippen LogP contribution is 2.42. The Bertz CT molecular complexity index is 1570. The predicted octanol–water partition coefficient (Wildman–Crippen LogP) is 10.4. The number of hydrogen-bond acceptors (Lipinski definition) is 7. The van der Waals surface area contributed by atoms with Crippen LogP contribution in [0.25, 0.3) is 10.9 Å². The SMILES string of the molecule is Cc1c(C(CSC(F)(F)F)c2ccc(N(C(=O)OC(C)(C)C)C(=O)OC(C)(C)C)cc2)c2ccc(Cl)cc2n1C(=O)OC(C)(C)C. The third kappa shape index (κ3) is 9.81. The number of thioether (sulfide) groups is 1. The minimum absolute atomic E-state index is 0.0918. The fraction of sp³-hybridized carbons (Fsp3) is 0.485. The Morgan fingerprint density at radius 3 is 1.78 bits per heavy atom. The van der Waals surface area contributed by atoms with Gasteiger partial charge in [0.25, 0.3) is 0 Å². The average molecular weight is 685 g/mol. The number of imide groups is 1. The van der Waals surface area contributed by atoms with E-state index in [1.54, 1.807) is 87.4 Å². The molecule has 0 aliphatic rings. The summed E-state index contributed by atoms with van der Waals surface area (Å²) in [5, 5.41) is 0.852. The molecule has 13 heteroatoms. The smallest absolute Gasteiger partial charge is 0.441 e. The molecule has 0 spiro atoms. The summed E-state index contributed by atoms with van der Waals surface area (Å²) < 4.78 is 58.7. The summed E-state index contributed by atoms with van der Waals surface area (Å²) in [6.45, 7) is 16.6. The molecule has 3 aromatic rings. The van der Waals surface area contributed by atoms with Crippen molar-refractivity contribution in [3.05, 3.63) is 64.3 Å². The molecule has 3 rings (SSSR count). The second-order valence-corrected chi connectivity index (χ2v) is 15.2. The molecule has 0 saturated carbocycles. The van der Waals surface area contributed by atoms with Gasteiger partial charge >= 0.3 is 23.8 Å². The fourth-order valence-electron chi connectivity index (χ4n) is 4.68. The minimum atomic E-state index is -4.54. The molecule has 0 radical (unpaired) electrons. The van der Waals surface area contributed by atoms with E-state index in [0.29, 0.717) is 32.7 Å². The Morgan fingerprint density at radius 2 is 1.33 bits per heavy atom. The molecular weight excluding hydrogens is 645 g/mol. The van der Waals surface area contributed by atoms with Crippen LogP contribution in [0.1, 0.15) is 85.1 Å². The molecule has 0 saturated heterocycles. The highest BCUT2D eigenvalue weighted by atomic mass is 35.5. The van der Waals surface area contributed by atoms with Crippen LogP contribution < -0.4 is 4.90 Å². The number of carbonyl (C=O) groups excluding carboxylic acids is 3. The standard InChI is InChI=1S/C33H40ClF3N2O6S/c1-19-26(23-16-13-21(34)17-25(23)38(19)27(40)43-30(2,3)4)24(18-46-33(35,36)37)20-11-14-22(15-12-20)39(28(41)44-31(5,6)7)29(42)45-32(8,9)10/h11-17,24H,18H2,1-10H3. The van der Waals surface area contributed by atoms with Gasteiger partial charge in [-0.3, -0.25) is 0 Å². The van der Waals surface area contributed by atoms with Crippen molar-refractivity contribution in [1.29, 1.82) is 0 Å². The minimum Gasteiger partial charge on any atom is -0.443 e. The number of alkyl halides is 3. The first kappa shape index (κ1) is 37.1. The molecule has 0 aliphatic carbocycles. The molecule has 8 nitrogen and oxygen atoms in total. The van der Waals surface area contributed by atoms with Crippen LogP contribution in [0.5, 0.6) is 0 Å². The van der Waals surface area contributed by atoms with Crippen molar-refractivity contribution in [1.82, 2.24) is 4.57 Å². The van der Waals surface area contributed by atoms with Crippen LogP contribution in [0.4, 0.5) is 33.2 Å². The molecule has 0 aliphatic heterocycles. The van der Waals surface area contributed by atoms with Gasteiger partial charge in [-0.15, -0.1) is 0 Å². The lowest BCUT2D eigenvalue weighted by Crippen LogP contribution is -2.43. The first-order valence-electron chi connectivity index (χ1n) is 14.5. The normalized spacial score (nSPS) is 13.3. The lowest BCUT2D eigenvalue weighted by molar-refractivity contribution is -0.0328. The maximum atomic E-state index is 13.6. The van der Waals surface area contributed by atoms with Crippen molar-refractivity contribution >= 4 is 58.2 Å². The third-order valence-corrected chi connectivity index (χ3v) is 7.32. The summed E-state index contributed by atoms with van der Waals surface area (Å²) in [6.07, 6.45) is -2.66. The lowest BCUT2D eigenvalue weighted by atomic mass is 9.90. The van der Waals surface area contributed by atoms with Crippen LogP contribution in [0.2, 0.25) is 5.02 Å². The van der Waals surface area contributed by atoms with Crippen LogP contribution in [-0.4, -0.2) is 50.9 Å². The molecular formula is C33H40ClF3N2O6S. The van der Waals surface area contributed by atoms with E-state index < -0.39 is 52.3 Å². The quantitative estimate of drug-likeness (QED) is 0.247. The van der Waals surface area contributed by atoms with Gasteiger partial charge in [0, 0.05) is 27.8 Å². The largest absolute Gasteiger partial charge is 0.443 e. The van der Waals surface area contributed by atoms with E-state index in [2.05, 4.69) is 0 Å². The first-order chi connectivity index (χ1) is 20.9. The maximum Gasteiger partial charge on any atom is 0.441 e. The van der Waals surface area contributed by atoms with Gasteiger partial charge in [-0.1, -0.05) is 41.6 Å². The summed E-state index contributed by atoms with van der Waals surface area (Å²) in [5.41, 5.74) is -5.47. The topological polar surface area (TPSA) is 87.1 Å². The molecule has 0 fully saturated rings. The monoisotopic (exact) mass is 684 g/mol. The summed E-state index contributed by atoms with van der Waals surface area (Å²) in [4.78, 5) is 40.4. The zero-order valence-electron chi connectivity index (χ0n) is 27.6. The van der Waals surface area contributed by atoms with Crippen molar-refractivity contribution < 1.29 is 41.8 Å². The Kier molecular flexibility index (Phi) is 10.8. The molecule has 1 atom stereocenters. The average Bonchev–Trinajstić information content (AvgIpc) is 3.12. The molecule has 1 aromatic heterocycles. The van der Waals surface area contributed by atoms with E-state index >= 15 is 0 Å². The number of nitrogens with zero attached hydrogens (tertiary/aromatic N) is 2. The number of anilines is 1. The number of ether oxygens (including phenoxy) is 3. The predicted molar refractivity (Wildman–Crippen MR) is 175 cm³/mol. The second-order valence-electron chi connectivity index (χ2n) is 13.7. The van der Waals surface area contributed by atoms with Crippen LogP contribution in [0, 0.1) is 6.92 Å². The van der Waals surface area contributed by atoms with Gasteiger partial charge in [0.1, 0.15) is 16.8 Å². The fourth-order valence-corrected chi connectivity index (χ4v) is 5.56. The maximum absolute atomic E-state index is 13.6. The number of fused-ring (bicyclic) bond motifs is 1. The van der Waals surface area contributed by atoms with E-state index in [9.17, 15) is 27.6 Å². The number of carbonyl (C=O) groups is 3.